The lowest BCUT2D eigenvalue weighted by atomic mass is 9.59. The van der Waals surface area contributed by atoms with Gasteiger partial charge in [0.15, 0.2) is 0 Å². The van der Waals surface area contributed by atoms with Gasteiger partial charge >= 0.3 is 24.1 Å². The molecule has 3 fully saturated rings. The number of hydrogen-bond donors (Lipinski definition) is 4. The van der Waals surface area contributed by atoms with Crippen LogP contribution in [-0.4, -0.2) is 94.1 Å². The van der Waals surface area contributed by atoms with Crippen molar-refractivity contribution in [1.82, 2.24) is 9.80 Å². The lowest BCUT2D eigenvalue weighted by Gasteiger charge is -2.55. The molecule has 10 rings (SSSR count). The number of amides is 4. The number of anilines is 1. The maximum absolute atomic E-state index is 14.6. The van der Waals surface area contributed by atoms with E-state index in [2.05, 4.69) is 4.90 Å². The molecule has 7 aliphatic rings. The van der Waals surface area contributed by atoms with E-state index in [9.17, 15) is 28.8 Å². The van der Waals surface area contributed by atoms with E-state index in [0.717, 1.165) is 22.4 Å². The first-order valence-corrected chi connectivity index (χ1v) is 20.7. The second-order valence-corrected chi connectivity index (χ2v) is 17.7. The van der Waals surface area contributed by atoms with Gasteiger partial charge in [0.25, 0.3) is 11.8 Å². The van der Waals surface area contributed by atoms with Gasteiger partial charge in [-0.25, -0.2) is 19.2 Å². The number of hydrogen-bond acceptors (Lipinski definition) is 11. The lowest BCUT2D eigenvalue weighted by molar-refractivity contribution is -0.167. The molecule has 0 aromatic heterocycles. The van der Waals surface area contributed by atoms with Crippen LogP contribution in [0.25, 0.3) is 0 Å². The van der Waals surface area contributed by atoms with Crippen LogP contribution in [0.15, 0.2) is 72.8 Å². The molecule has 3 saturated heterocycles. The van der Waals surface area contributed by atoms with Crippen molar-refractivity contribution in [2.45, 2.75) is 118 Å². The second kappa shape index (κ2) is 14.7. The highest BCUT2D eigenvalue weighted by molar-refractivity contribution is 6.12. The molecule has 3 aromatic rings. The summed E-state index contributed by atoms with van der Waals surface area (Å²) < 4.78 is 10.4. The summed E-state index contributed by atoms with van der Waals surface area (Å²) in [5.74, 6) is -4.13. The quantitative estimate of drug-likeness (QED) is 0.162. The Kier molecular flexibility index (Phi) is 10.1. The van der Waals surface area contributed by atoms with Crippen molar-refractivity contribution in [3.8, 4) is 0 Å². The van der Waals surface area contributed by atoms with Crippen LogP contribution in [0.2, 0.25) is 0 Å². The second-order valence-electron chi connectivity index (χ2n) is 17.7. The van der Waals surface area contributed by atoms with Crippen molar-refractivity contribution in [2.75, 3.05) is 18.0 Å². The molecular weight excluding hydrogens is 767 g/mol. The van der Waals surface area contributed by atoms with Gasteiger partial charge in [-0.2, -0.15) is 0 Å². The number of carbonyl (C=O) groups excluding carboxylic acids is 6. The Morgan fingerprint density at radius 3 is 1.27 bits per heavy atom. The van der Waals surface area contributed by atoms with Gasteiger partial charge in [0.2, 0.25) is 11.1 Å². The van der Waals surface area contributed by atoms with Gasteiger partial charge in [0.1, 0.15) is 0 Å². The normalized spacial score (nSPS) is 29.1. The van der Waals surface area contributed by atoms with Crippen molar-refractivity contribution >= 4 is 41.6 Å². The lowest BCUT2D eigenvalue weighted by Crippen LogP contribution is -2.76. The monoisotopic (exact) mass is 819 g/mol. The van der Waals surface area contributed by atoms with E-state index in [1.165, 1.54) is 0 Å². The molecule has 3 aliphatic heterocycles. The number of benzene rings is 3. The fourth-order valence-corrected chi connectivity index (χ4v) is 12.3. The van der Waals surface area contributed by atoms with E-state index in [4.69, 9.17) is 32.4 Å². The van der Waals surface area contributed by atoms with Crippen molar-refractivity contribution < 1.29 is 38.2 Å². The number of ether oxygens (including phenoxy) is 2. The van der Waals surface area contributed by atoms with E-state index >= 15 is 0 Å². The number of rotatable bonds is 11. The third kappa shape index (κ3) is 5.83. The molecule has 316 valence electrons. The smallest absolute Gasteiger partial charge is 0.375 e. The minimum absolute atomic E-state index is 0.291. The van der Waals surface area contributed by atoms with Crippen molar-refractivity contribution in [1.29, 1.82) is 0 Å². The Balaban J connectivity index is 1.26. The third-order valence-electron chi connectivity index (χ3n) is 14.7. The first-order valence-electron chi connectivity index (χ1n) is 20.7. The Labute approximate surface area is 348 Å². The van der Waals surface area contributed by atoms with Gasteiger partial charge in [-0.1, -0.05) is 80.1 Å². The molecule has 8 N–H and O–H groups in total. The van der Waals surface area contributed by atoms with Crippen LogP contribution < -0.4 is 27.8 Å². The van der Waals surface area contributed by atoms with Crippen LogP contribution in [0.1, 0.15) is 80.2 Å². The molecule has 4 amide bonds. The van der Waals surface area contributed by atoms with Crippen LogP contribution in [0, 0.1) is 6.92 Å². The Hall–Kier alpha value is -5.80. The summed E-state index contributed by atoms with van der Waals surface area (Å²) in [5.41, 5.74) is 22.2. The molecule has 4 bridgehead atoms. The predicted molar refractivity (Wildman–Crippen MR) is 220 cm³/mol. The number of aryl methyl sites for hydroxylation is 1. The molecule has 60 heavy (non-hydrogen) atoms. The standard InChI is InChI=1S/C45H53N7O8/c1-26-8-18-31(19-9-26)52-34(32-6-4-22-50(32)44(36(46)53,38(55)59-40(48)57)42(2)24-27-10-14-29(42)15-11-27)20-21-35(52)33-7-5-23-51(33)45(37(47)54,39(56)60-41(49)58)43(3)25-28-12-16-30(43)17-13-28/h8-19,32-35H,4-7,20-25H2,1-3H3,(H2,46,53)(H2,47,54)(H2,48,57)(H2,49,58)/t32?,33?,34-,35?,42?,43?,44-,45-/m0/s1. The summed E-state index contributed by atoms with van der Waals surface area (Å²) in [6.45, 7) is 6.22. The Morgan fingerprint density at radius 1 is 0.567 bits per heavy atom. The average molecular weight is 820 g/mol. The SMILES string of the molecule is Cc1ccc(N2C(C3CCCN3[C@@](C(N)=O)(C(=O)OC(N)=O)C3(C)Cc4ccc3cc4)CC[C@H]2C2CCCN2[C@@](C(N)=O)(C(=O)OC(N)=O)C2(C)Cc3ccc2cc3)cc1. The first kappa shape index (κ1) is 41.0. The fourth-order valence-electron chi connectivity index (χ4n) is 12.3. The van der Waals surface area contributed by atoms with E-state index in [-0.39, 0.29) is 12.1 Å². The van der Waals surface area contributed by atoms with Crippen molar-refractivity contribution in [2.24, 2.45) is 22.9 Å². The van der Waals surface area contributed by atoms with E-state index in [1.54, 1.807) is 0 Å². The number of carbonyl (C=O) groups is 6. The number of fused-ring (bicyclic) bond motifs is 6. The molecular formula is C45H53N7O8. The zero-order valence-corrected chi connectivity index (χ0v) is 34.2. The largest absolute Gasteiger partial charge is 0.412 e. The molecule has 3 heterocycles. The average Bonchev–Trinajstić information content (AvgIpc) is 3.96. The Bertz CT molecular complexity index is 2120. The summed E-state index contributed by atoms with van der Waals surface area (Å²) in [5, 5.41) is 0. The molecule has 3 aromatic carbocycles. The highest BCUT2D eigenvalue weighted by Crippen LogP contribution is 2.53. The topological polar surface area (TPSA) is 235 Å². The van der Waals surface area contributed by atoms with Gasteiger partial charge < -0.3 is 37.3 Å². The molecule has 0 radical (unpaired) electrons. The van der Waals surface area contributed by atoms with Crippen LogP contribution in [0.5, 0.6) is 0 Å². The summed E-state index contributed by atoms with van der Waals surface area (Å²) in [6.07, 6.45) is 1.44. The highest BCUT2D eigenvalue weighted by Gasteiger charge is 2.70. The van der Waals surface area contributed by atoms with Crippen LogP contribution in [-0.2, 0) is 52.3 Å². The molecule has 0 saturated carbocycles. The maximum Gasteiger partial charge on any atom is 0.412 e. The van der Waals surface area contributed by atoms with E-state index < -0.39 is 69.9 Å². The number of nitrogens with two attached hydrogens (primary N) is 4. The molecule has 15 heteroatoms. The molecule has 5 unspecified atom stereocenters. The molecule has 8 atom stereocenters. The molecule has 15 nitrogen and oxygen atoms in total. The molecule has 0 spiro atoms. The van der Waals surface area contributed by atoms with Crippen LogP contribution in [0.4, 0.5) is 15.3 Å². The predicted octanol–water partition coefficient (Wildman–Crippen LogP) is 2.98. The Morgan fingerprint density at radius 2 is 0.950 bits per heavy atom. The van der Waals surface area contributed by atoms with Crippen molar-refractivity contribution in [3.63, 3.8) is 0 Å². The van der Waals surface area contributed by atoms with Gasteiger partial charge in [0, 0.05) is 53.8 Å². The summed E-state index contributed by atoms with van der Waals surface area (Å²) in [4.78, 5) is 88.6. The van der Waals surface area contributed by atoms with Crippen molar-refractivity contribution in [3.05, 3.63) is 101 Å². The van der Waals surface area contributed by atoms with Gasteiger partial charge in [-0.05, 0) is 92.7 Å². The number of esters is 2. The number of likely N-dealkylation sites (tertiary alicyclic amines) is 2. The summed E-state index contributed by atoms with van der Waals surface area (Å²) in [6, 6.07) is 21.7. The zero-order chi connectivity index (χ0) is 42.9. The number of primary amides is 4. The summed E-state index contributed by atoms with van der Waals surface area (Å²) >= 11 is 0. The summed E-state index contributed by atoms with van der Waals surface area (Å²) in [7, 11) is 0. The number of nitrogens with zero attached hydrogens (tertiary/aromatic N) is 3. The zero-order valence-electron chi connectivity index (χ0n) is 34.2. The third-order valence-corrected chi connectivity index (χ3v) is 14.7. The van der Waals surface area contributed by atoms with Crippen LogP contribution >= 0.6 is 0 Å². The fraction of sp³-hybridized carbons (Fsp3) is 0.467. The van der Waals surface area contributed by atoms with Gasteiger partial charge in [0.05, 0.1) is 0 Å². The first-order chi connectivity index (χ1) is 28.5. The van der Waals surface area contributed by atoms with Crippen LogP contribution in [0.3, 0.4) is 0 Å². The van der Waals surface area contributed by atoms with E-state index in [0.29, 0.717) is 75.6 Å². The minimum atomic E-state index is -2.14. The highest BCUT2D eigenvalue weighted by atomic mass is 16.6. The van der Waals surface area contributed by atoms with Gasteiger partial charge in [-0.15, -0.1) is 0 Å². The maximum atomic E-state index is 14.6. The minimum Gasteiger partial charge on any atom is -0.375 e. The van der Waals surface area contributed by atoms with E-state index in [1.807, 2.05) is 103 Å². The molecule has 4 aliphatic carbocycles. The van der Waals surface area contributed by atoms with Gasteiger partial charge in [-0.3, -0.25) is 19.4 Å².